The van der Waals surface area contributed by atoms with Crippen molar-refractivity contribution in [1.29, 1.82) is 0 Å². The van der Waals surface area contributed by atoms with Crippen molar-refractivity contribution in [3.8, 4) is 0 Å². The van der Waals surface area contributed by atoms with Crippen LogP contribution in [0, 0.1) is 0 Å². The van der Waals surface area contributed by atoms with Crippen molar-refractivity contribution in [2.75, 3.05) is 28.8 Å². The fraction of sp³-hybridized carbons (Fsp3) is 0.172. The molecule has 5 aromatic rings. The van der Waals surface area contributed by atoms with E-state index in [9.17, 15) is 13.2 Å². The average Bonchev–Trinajstić information content (AvgIpc) is 3.25. The predicted octanol–water partition coefficient (Wildman–Crippen LogP) is 5.91. The molecule has 3 aromatic carbocycles. The Morgan fingerprint density at radius 3 is 2.43 bits per heavy atom. The van der Waals surface area contributed by atoms with Gasteiger partial charge >= 0.3 is 0 Å². The molecule has 0 spiro atoms. The Morgan fingerprint density at radius 2 is 1.71 bits per heavy atom. The molecule has 0 saturated carbocycles. The summed E-state index contributed by atoms with van der Waals surface area (Å²) in [4.78, 5) is 28.4. The number of imidazole rings is 1. The summed E-state index contributed by atoms with van der Waals surface area (Å²) in [6.07, 6.45) is 2.97. The highest BCUT2D eigenvalue weighted by Gasteiger charge is 2.18. The van der Waals surface area contributed by atoms with E-state index in [0.717, 1.165) is 22.5 Å². The van der Waals surface area contributed by atoms with Crippen molar-refractivity contribution in [2.45, 2.75) is 12.2 Å². The van der Waals surface area contributed by atoms with Crippen LogP contribution in [0.15, 0.2) is 72.9 Å². The molecule has 0 aliphatic heterocycles. The SMILES string of the molecule is CN(c1ccnc(Nc2ccc(CS(C)(=O)=O)cc2)n1)c1cccc2c1nc(NC(=O)Cc1ccc(Cl)c(Cl)c1)n2C. The fourth-order valence-electron chi connectivity index (χ4n) is 4.42. The van der Waals surface area contributed by atoms with E-state index in [1.807, 2.05) is 41.8 Å². The second-order valence-electron chi connectivity index (χ2n) is 9.80. The zero-order valence-corrected chi connectivity index (χ0v) is 25.3. The summed E-state index contributed by atoms with van der Waals surface area (Å²) in [5.74, 6) is 1.13. The van der Waals surface area contributed by atoms with E-state index >= 15 is 0 Å². The van der Waals surface area contributed by atoms with Crippen molar-refractivity contribution in [2.24, 2.45) is 7.05 Å². The van der Waals surface area contributed by atoms with Gasteiger partial charge in [-0.05, 0) is 53.6 Å². The number of amides is 1. The average molecular weight is 625 g/mol. The second-order valence-corrected chi connectivity index (χ2v) is 12.8. The number of anilines is 5. The van der Waals surface area contributed by atoms with E-state index in [4.69, 9.17) is 28.2 Å². The van der Waals surface area contributed by atoms with Crippen LogP contribution in [0.2, 0.25) is 10.0 Å². The minimum Gasteiger partial charge on any atom is -0.327 e. The molecule has 10 nitrogen and oxygen atoms in total. The molecule has 0 unspecified atom stereocenters. The van der Waals surface area contributed by atoms with Crippen LogP contribution in [-0.2, 0) is 33.9 Å². The maximum atomic E-state index is 12.8. The number of nitrogens with zero attached hydrogens (tertiary/aromatic N) is 5. The highest BCUT2D eigenvalue weighted by molar-refractivity contribution is 7.89. The van der Waals surface area contributed by atoms with E-state index in [0.29, 0.717) is 38.8 Å². The van der Waals surface area contributed by atoms with Gasteiger partial charge in [0, 0.05) is 32.2 Å². The molecule has 0 saturated heterocycles. The van der Waals surface area contributed by atoms with E-state index in [1.165, 1.54) is 6.26 Å². The summed E-state index contributed by atoms with van der Waals surface area (Å²) in [6.45, 7) is 0. The number of rotatable bonds is 9. The monoisotopic (exact) mass is 623 g/mol. The van der Waals surface area contributed by atoms with Gasteiger partial charge in [-0.1, -0.05) is 47.5 Å². The number of para-hydroxylation sites is 1. The summed E-state index contributed by atoms with van der Waals surface area (Å²) in [7, 11) is 0.593. The molecular formula is C29H27Cl2N7O3S. The molecule has 5 rings (SSSR count). The minimum atomic E-state index is -3.12. The first-order valence-corrected chi connectivity index (χ1v) is 15.6. The molecule has 216 valence electrons. The quantitative estimate of drug-likeness (QED) is 0.208. The van der Waals surface area contributed by atoms with E-state index in [2.05, 4.69) is 20.6 Å². The van der Waals surface area contributed by atoms with Crippen LogP contribution in [0.3, 0.4) is 0 Å². The highest BCUT2D eigenvalue weighted by atomic mass is 35.5. The maximum absolute atomic E-state index is 12.8. The molecule has 2 heterocycles. The van der Waals surface area contributed by atoms with Crippen LogP contribution in [0.5, 0.6) is 0 Å². The molecule has 0 atom stereocenters. The molecule has 0 radical (unpaired) electrons. The van der Waals surface area contributed by atoms with Crippen LogP contribution >= 0.6 is 23.2 Å². The number of hydrogen-bond acceptors (Lipinski definition) is 8. The lowest BCUT2D eigenvalue weighted by atomic mass is 10.1. The number of nitrogens with one attached hydrogen (secondary N) is 2. The van der Waals surface area contributed by atoms with Crippen LogP contribution in [0.25, 0.3) is 11.0 Å². The van der Waals surface area contributed by atoms with Crippen molar-refractivity contribution < 1.29 is 13.2 Å². The van der Waals surface area contributed by atoms with Gasteiger partial charge in [0.25, 0.3) is 0 Å². The van der Waals surface area contributed by atoms with Crippen LogP contribution in [0.1, 0.15) is 11.1 Å². The third-order valence-electron chi connectivity index (χ3n) is 6.47. The van der Waals surface area contributed by atoms with Crippen molar-refractivity contribution in [3.05, 3.63) is 94.1 Å². The van der Waals surface area contributed by atoms with Crippen LogP contribution in [0.4, 0.5) is 29.1 Å². The van der Waals surface area contributed by atoms with Crippen molar-refractivity contribution in [3.63, 3.8) is 0 Å². The zero-order chi connectivity index (χ0) is 30.0. The Hall–Kier alpha value is -4.19. The number of aromatic nitrogens is 4. The van der Waals surface area contributed by atoms with Gasteiger partial charge in [-0.25, -0.2) is 18.4 Å². The Labute approximate surface area is 253 Å². The number of hydrogen-bond donors (Lipinski definition) is 2. The third kappa shape index (κ3) is 6.81. The van der Waals surface area contributed by atoms with E-state index < -0.39 is 9.84 Å². The molecule has 2 N–H and O–H groups in total. The summed E-state index contributed by atoms with van der Waals surface area (Å²) < 4.78 is 24.9. The molecular weight excluding hydrogens is 597 g/mol. The van der Waals surface area contributed by atoms with Gasteiger partial charge in [-0.3, -0.25) is 10.1 Å². The number of halogens is 2. The normalized spacial score (nSPS) is 11.5. The lowest BCUT2D eigenvalue weighted by molar-refractivity contribution is -0.115. The molecule has 42 heavy (non-hydrogen) atoms. The highest BCUT2D eigenvalue weighted by Crippen LogP contribution is 2.32. The first-order valence-electron chi connectivity index (χ1n) is 12.8. The molecule has 0 fully saturated rings. The van der Waals surface area contributed by atoms with Gasteiger partial charge in [-0.15, -0.1) is 0 Å². The predicted molar refractivity (Wildman–Crippen MR) is 168 cm³/mol. The minimum absolute atomic E-state index is 0.0221. The van der Waals surface area contributed by atoms with Gasteiger partial charge in [-0.2, -0.15) is 4.98 Å². The number of aryl methyl sites for hydroxylation is 1. The topological polar surface area (TPSA) is 122 Å². The molecule has 13 heteroatoms. The summed E-state index contributed by atoms with van der Waals surface area (Å²) in [5.41, 5.74) is 4.45. The summed E-state index contributed by atoms with van der Waals surface area (Å²) >= 11 is 12.1. The van der Waals surface area contributed by atoms with E-state index in [-0.39, 0.29) is 18.1 Å². The van der Waals surface area contributed by atoms with Gasteiger partial charge in [0.15, 0.2) is 9.84 Å². The largest absolute Gasteiger partial charge is 0.327 e. The smallest absolute Gasteiger partial charge is 0.231 e. The van der Waals surface area contributed by atoms with Crippen LogP contribution in [-0.4, -0.2) is 47.1 Å². The Balaban J connectivity index is 1.34. The number of benzene rings is 3. The molecule has 0 aliphatic rings. The number of fused-ring (bicyclic) bond motifs is 1. The maximum Gasteiger partial charge on any atom is 0.231 e. The fourth-order valence-corrected chi connectivity index (χ4v) is 5.54. The lowest BCUT2D eigenvalue weighted by Gasteiger charge is -2.19. The van der Waals surface area contributed by atoms with Crippen LogP contribution < -0.4 is 15.5 Å². The van der Waals surface area contributed by atoms with Crippen molar-refractivity contribution in [1.82, 2.24) is 19.5 Å². The molecule has 0 aliphatic carbocycles. The Morgan fingerprint density at radius 1 is 0.976 bits per heavy atom. The molecule has 1 amide bonds. The van der Waals surface area contributed by atoms with Gasteiger partial charge in [0.1, 0.15) is 11.3 Å². The summed E-state index contributed by atoms with van der Waals surface area (Å²) in [6, 6.07) is 19.7. The van der Waals surface area contributed by atoms with E-state index in [1.54, 1.807) is 54.7 Å². The Bertz CT molecular complexity index is 1890. The first kappa shape index (κ1) is 29.3. The number of sulfone groups is 1. The third-order valence-corrected chi connectivity index (χ3v) is 8.07. The molecule has 0 bridgehead atoms. The number of carbonyl (C=O) groups excluding carboxylic acids is 1. The Kier molecular flexibility index (Phi) is 8.35. The summed E-state index contributed by atoms with van der Waals surface area (Å²) in [5, 5.41) is 6.87. The standard InChI is InChI=1S/C29H27Cl2N7O3S/c1-37(25-13-14-32-28(34-25)33-20-10-7-18(8-11-20)17-42(3,40)41)23-5-4-6-24-27(23)36-29(38(24)2)35-26(39)16-19-9-12-21(30)22(31)15-19/h4-15H,16-17H2,1-3H3,(H,32,33,34)(H,35,36,39). The number of carbonyl (C=O) groups is 1. The van der Waals surface area contributed by atoms with Gasteiger partial charge in [0.2, 0.25) is 17.8 Å². The zero-order valence-electron chi connectivity index (χ0n) is 23.0. The second kappa shape index (κ2) is 12.0. The molecule has 2 aromatic heterocycles. The van der Waals surface area contributed by atoms with Crippen molar-refractivity contribution >= 4 is 79.1 Å². The lowest BCUT2D eigenvalue weighted by Crippen LogP contribution is -2.17. The first-order chi connectivity index (χ1) is 20.0. The van der Waals surface area contributed by atoms with Gasteiger partial charge in [0.05, 0.1) is 33.4 Å². The van der Waals surface area contributed by atoms with Gasteiger partial charge < -0.3 is 14.8 Å².